The van der Waals surface area contributed by atoms with E-state index in [4.69, 9.17) is 32.4 Å². The van der Waals surface area contributed by atoms with E-state index in [2.05, 4.69) is 4.74 Å². The second kappa shape index (κ2) is 6.65. The molecule has 5 nitrogen and oxygen atoms in total. The van der Waals surface area contributed by atoms with E-state index in [0.29, 0.717) is 15.8 Å². The maximum absolute atomic E-state index is 11.8. The van der Waals surface area contributed by atoms with Crippen LogP contribution in [0.25, 0.3) is 0 Å². The van der Waals surface area contributed by atoms with Gasteiger partial charge in [0.15, 0.2) is 0 Å². The van der Waals surface area contributed by atoms with Crippen molar-refractivity contribution in [3.05, 3.63) is 57.5 Å². The van der Waals surface area contributed by atoms with Gasteiger partial charge in [-0.2, -0.15) is 0 Å². The quantitative estimate of drug-likeness (QED) is 0.800. The number of halogens is 2. The molecule has 0 saturated heterocycles. The number of carbonyl (C=O) groups is 2. The maximum Gasteiger partial charge on any atom is 0.373 e. The number of methoxy groups -OCH3 is 1. The van der Waals surface area contributed by atoms with Crippen molar-refractivity contribution in [3.63, 3.8) is 0 Å². The van der Waals surface area contributed by atoms with Crippen LogP contribution in [0.3, 0.4) is 0 Å². The van der Waals surface area contributed by atoms with E-state index in [0.717, 1.165) is 0 Å². The smallest absolute Gasteiger partial charge is 0.373 e. The molecule has 0 bridgehead atoms. The minimum atomic E-state index is -0.603. The highest BCUT2D eigenvalue weighted by Crippen LogP contribution is 2.20. The monoisotopic (exact) mass is 328 g/mol. The SMILES string of the molecule is COC(=O)c1ccc(COC(=O)c2cc(Cl)cc(Cl)c2)o1. The summed E-state index contributed by atoms with van der Waals surface area (Å²) in [4.78, 5) is 23.1. The summed E-state index contributed by atoms with van der Waals surface area (Å²) in [7, 11) is 1.24. The molecule has 0 radical (unpaired) electrons. The van der Waals surface area contributed by atoms with Crippen molar-refractivity contribution in [3.8, 4) is 0 Å². The van der Waals surface area contributed by atoms with Crippen molar-refractivity contribution in [2.24, 2.45) is 0 Å². The Labute approximate surface area is 130 Å². The normalized spacial score (nSPS) is 10.2. The Morgan fingerprint density at radius 1 is 1.10 bits per heavy atom. The molecular formula is C14H10Cl2O5. The van der Waals surface area contributed by atoms with Crippen LogP contribution in [0.15, 0.2) is 34.7 Å². The largest absolute Gasteiger partial charge is 0.463 e. The zero-order chi connectivity index (χ0) is 15.4. The molecule has 2 aromatic rings. The first kappa shape index (κ1) is 15.4. The molecule has 1 heterocycles. The fourth-order valence-corrected chi connectivity index (χ4v) is 2.08. The molecule has 21 heavy (non-hydrogen) atoms. The lowest BCUT2D eigenvalue weighted by molar-refractivity contribution is 0.0438. The molecule has 110 valence electrons. The third kappa shape index (κ3) is 4.00. The first-order chi connectivity index (χ1) is 9.99. The van der Waals surface area contributed by atoms with E-state index >= 15 is 0 Å². The number of esters is 2. The molecule has 0 amide bonds. The molecule has 0 aliphatic rings. The Morgan fingerprint density at radius 3 is 2.38 bits per heavy atom. The Bertz CT molecular complexity index is 658. The van der Waals surface area contributed by atoms with Gasteiger partial charge in [-0.1, -0.05) is 23.2 Å². The lowest BCUT2D eigenvalue weighted by Gasteiger charge is -2.04. The van der Waals surface area contributed by atoms with E-state index in [-0.39, 0.29) is 17.9 Å². The molecule has 0 aliphatic heterocycles. The number of ether oxygens (including phenoxy) is 2. The zero-order valence-electron chi connectivity index (χ0n) is 10.9. The molecule has 7 heteroatoms. The van der Waals surface area contributed by atoms with Gasteiger partial charge in [-0.3, -0.25) is 0 Å². The van der Waals surface area contributed by atoms with Crippen molar-refractivity contribution in [2.45, 2.75) is 6.61 Å². The van der Waals surface area contributed by atoms with Gasteiger partial charge in [0, 0.05) is 10.0 Å². The standard InChI is InChI=1S/C14H10Cl2O5/c1-19-14(18)12-3-2-11(21-12)7-20-13(17)8-4-9(15)6-10(16)5-8/h2-6H,7H2,1H3. The van der Waals surface area contributed by atoms with Gasteiger partial charge in [-0.05, 0) is 30.3 Å². The van der Waals surface area contributed by atoms with Crippen LogP contribution in [0.4, 0.5) is 0 Å². The van der Waals surface area contributed by atoms with Crippen LogP contribution in [0, 0.1) is 0 Å². The highest BCUT2D eigenvalue weighted by atomic mass is 35.5. The van der Waals surface area contributed by atoms with E-state index in [1.807, 2.05) is 0 Å². The van der Waals surface area contributed by atoms with Crippen molar-refractivity contribution >= 4 is 35.1 Å². The molecule has 2 rings (SSSR count). The summed E-state index contributed by atoms with van der Waals surface area (Å²) in [5, 5.41) is 0.667. The van der Waals surface area contributed by atoms with E-state index in [1.54, 1.807) is 0 Å². The van der Waals surface area contributed by atoms with Gasteiger partial charge < -0.3 is 13.9 Å². The third-order valence-electron chi connectivity index (χ3n) is 2.49. The summed E-state index contributed by atoms with van der Waals surface area (Å²) in [6.45, 7) is -0.125. The van der Waals surface area contributed by atoms with Gasteiger partial charge in [0.25, 0.3) is 0 Å². The van der Waals surface area contributed by atoms with Crippen LogP contribution in [-0.4, -0.2) is 19.0 Å². The predicted octanol–water partition coefficient (Wildman–Crippen LogP) is 3.73. The molecule has 0 spiro atoms. The average Bonchev–Trinajstić information content (AvgIpc) is 2.91. The van der Waals surface area contributed by atoms with Crippen LogP contribution in [0.2, 0.25) is 10.0 Å². The van der Waals surface area contributed by atoms with E-state index in [9.17, 15) is 9.59 Å². The summed E-state index contributed by atoms with van der Waals surface area (Å²) in [6.07, 6.45) is 0. The highest BCUT2D eigenvalue weighted by molar-refractivity contribution is 6.35. The van der Waals surface area contributed by atoms with Gasteiger partial charge in [-0.25, -0.2) is 9.59 Å². The zero-order valence-corrected chi connectivity index (χ0v) is 12.4. The minimum Gasteiger partial charge on any atom is -0.463 e. The summed E-state index contributed by atoms with van der Waals surface area (Å²) in [5.74, 6) is -0.851. The van der Waals surface area contributed by atoms with E-state index < -0.39 is 11.9 Å². The number of rotatable bonds is 4. The summed E-state index contributed by atoms with van der Waals surface area (Å²) < 4.78 is 14.7. The summed E-state index contributed by atoms with van der Waals surface area (Å²) >= 11 is 11.6. The van der Waals surface area contributed by atoms with Crippen LogP contribution in [-0.2, 0) is 16.1 Å². The number of furan rings is 1. The Kier molecular flexibility index (Phi) is 4.88. The second-order valence-corrected chi connectivity index (χ2v) is 4.86. The van der Waals surface area contributed by atoms with Gasteiger partial charge in [0.05, 0.1) is 12.7 Å². The molecule has 0 N–H and O–H groups in total. The first-order valence-electron chi connectivity index (χ1n) is 5.80. The Hall–Kier alpha value is -1.98. The maximum atomic E-state index is 11.8. The van der Waals surface area contributed by atoms with Crippen molar-refractivity contribution in [1.29, 1.82) is 0 Å². The number of hydrogen-bond acceptors (Lipinski definition) is 5. The fourth-order valence-electron chi connectivity index (χ4n) is 1.56. The summed E-state index contributed by atoms with van der Waals surface area (Å²) in [6, 6.07) is 7.35. The van der Waals surface area contributed by atoms with Gasteiger partial charge in [-0.15, -0.1) is 0 Å². The van der Waals surface area contributed by atoms with Crippen LogP contribution >= 0.6 is 23.2 Å². The van der Waals surface area contributed by atoms with Crippen LogP contribution < -0.4 is 0 Å². The van der Waals surface area contributed by atoms with Crippen LogP contribution in [0.1, 0.15) is 26.7 Å². The molecule has 1 aromatic heterocycles. The molecule has 0 atom stereocenters. The number of hydrogen-bond donors (Lipinski definition) is 0. The lowest BCUT2D eigenvalue weighted by atomic mass is 10.2. The van der Waals surface area contributed by atoms with Gasteiger partial charge in [0.2, 0.25) is 5.76 Å². The van der Waals surface area contributed by atoms with Crippen molar-refractivity contribution in [1.82, 2.24) is 0 Å². The van der Waals surface area contributed by atoms with Crippen molar-refractivity contribution < 1.29 is 23.5 Å². The molecule has 0 unspecified atom stereocenters. The van der Waals surface area contributed by atoms with Gasteiger partial charge in [0.1, 0.15) is 12.4 Å². The van der Waals surface area contributed by atoms with E-state index in [1.165, 1.54) is 37.4 Å². The van der Waals surface area contributed by atoms with Gasteiger partial charge >= 0.3 is 11.9 Å². The number of carbonyl (C=O) groups excluding carboxylic acids is 2. The molecule has 0 aliphatic carbocycles. The average molecular weight is 329 g/mol. The molecular weight excluding hydrogens is 319 g/mol. The van der Waals surface area contributed by atoms with Crippen LogP contribution in [0.5, 0.6) is 0 Å². The summed E-state index contributed by atoms with van der Waals surface area (Å²) in [5.41, 5.74) is 0.229. The minimum absolute atomic E-state index is 0.0364. The Balaban J connectivity index is 2.00. The van der Waals surface area contributed by atoms with Crippen molar-refractivity contribution in [2.75, 3.05) is 7.11 Å². The number of benzene rings is 1. The molecule has 1 aromatic carbocycles. The Morgan fingerprint density at radius 2 is 1.76 bits per heavy atom. The molecule has 0 saturated carbocycles. The lowest BCUT2D eigenvalue weighted by Crippen LogP contribution is -2.05. The first-order valence-corrected chi connectivity index (χ1v) is 6.55. The predicted molar refractivity (Wildman–Crippen MR) is 75.6 cm³/mol. The molecule has 0 fully saturated rings. The highest BCUT2D eigenvalue weighted by Gasteiger charge is 2.14. The second-order valence-electron chi connectivity index (χ2n) is 3.99. The topological polar surface area (TPSA) is 65.7 Å². The third-order valence-corrected chi connectivity index (χ3v) is 2.93. The fraction of sp³-hybridized carbons (Fsp3) is 0.143.